The van der Waals surface area contributed by atoms with Crippen LogP contribution in [0.2, 0.25) is 0 Å². The lowest BCUT2D eigenvalue weighted by molar-refractivity contribution is 0.227. The summed E-state index contributed by atoms with van der Waals surface area (Å²) in [4.78, 5) is 4.06. The highest BCUT2D eigenvalue weighted by Crippen LogP contribution is 2.19. The van der Waals surface area contributed by atoms with Crippen LogP contribution in [0.1, 0.15) is 25.1 Å². The summed E-state index contributed by atoms with van der Waals surface area (Å²) >= 11 is 1.87. The second-order valence-corrected chi connectivity index (χ2v) is 5.73. The van der Waals surface area contributed by atoms with E-state index in [1.807, 2.05) is 11.3 Å². The van der Waals surface area contributed by atoms with Crippen molar-refractivity contribution in [1.29, 1.82) is 0 Å². The molecule has 2 nitrogen and oxygen atoms in total. The van der Waals surface area contributed by atoms with Crippen molar-refractivity contribution in [2.24, 2.45) is 5.92 Å². The molecule has 90 valence electrons. The van der Waals surface area contributed by atoms with Crippen molar-refractivity contribution in [3.63, 3.8) is 0 Å². The molecule has 0 spiro atoms. The molecule has 0 bridgehead atoms. The zero-order valence-corrected chi connectivity index (χ0v) is 11.1. The Morgan fingerprint density at radius 2 is 2.44 bits per heavy atom. The third kappa shape index (κ3) is 3.06. The van der Waals surface area contributed by atoms with Crippen molar-refractivity contribution in [1.82, 2.24) is 10.2 Å². The van der Waals surface area contributed by atoms with Crippen LogP contribution >= 0.6 is 11.3 Å². The number of nitrogens with zero attached hydrogens (tertiary/aromatic N) is 1. The molecule has 2 heterocycles. The molecule has 1 aliphatic rings. The smallest absolute Gasteiger partial charge is 0.0327 e. The second kappa shape index (κ2) is 5.80. The molecule has 0 radical (unpaired) electrons. The number of hydrogen-bond donors (Lipinski definition) is 1. The van der Waals surface area contributed by atoms with Crippen LogP contribution in [0.15, 0.2) is 17.5 Å². The number of rotatable bonds is 5. The highest BCUT2D eigenvalue weighted by molar-refractivity contribution is 7.09. The molecule has 3 heteroatoms. The van der Waals surface area contributed by atoms with Gasteiger partial charge in [-0.2, -0.15) is 0 Å². The van der Waals surface area contributed by atoms with Crippen LogP contribution in [-0.4, -0.2) is 30.6 Å². The SMILES string of the molecule is CCN(Cc1cccs1)CC1CCNC1C. The van der Waals surface area contributed by atoms with Crippen molar-refractivity contribution in [3.8, 4) is 0 Å². The van der Waals surface area contributed by atoms with E-state index < -0.39 is 0 Å². The molecule has 1 aliphatic heterocycles. The molecule has 2 atom stereocenters. The van der Waals surface area contributed by atoms with Gasteiger partial charge in [-0.1, -0.05) is 13.0 Å². The molecule has 16 heavy (non-hydrogen) atoms. The van der Waals surface area contributed by atoms with Gasteiger partial charge in [-0.15, -0.1) is 11.3 Å². The molecular weight excluding hydrogens is 216 g/mol. The maximum absolute atomic E-state index is 3.53. The highest BCUT2D eigenvalue weighted by Gasteiger charge is 2.24. The average Bonchev–Trinajstić information content (AvgIpc) is 2.90. The van der Waals surface area contributed by atoms with Crippen LogP contribution < -0.4 is 5.32 Å². The van der Waals surface area contributed by atoms with Crippen LogP contribution in [0.5, 0.6) is 0 Å². The van der Waals surface area contributed by atoms with E-state index in [9.17, 15) is 0 Å². The summed E-state index contributed by atoms with van der Waals surface area (Å²) in [5.41, 5.74) is 0. The molecule has 1 saturated heterocycles. The van der Waals surface area contributed by atoms with Gasteiger partial charge < -0.3 is 5.32 Å². The molecule has 0 saturated carbocycles. The van der Waals surface area contributed by atoms with E-state index in [-0.39, 0.29) is 0 Å². The van der Waals surface area contributed by atoms with Crippen molar-refractivity contribution in [2.75, 3.05) is 19.6 Å². The first kappa shape index (κ1) is 12.1. The average molecular weight is 238 g/mol. The van der Waals surface area contributed by atoms with Crippen LogP contribution in [0, 0.1) is 5.92 Å². The zero-order chi connectivity index (χ0) is 11.4. The molecule has 0 aromatic carbocycles. The van der Waals surface area contributed by atoms with Crippen LogP contribution in [0.3, 0.4) is 0 Å². The largest absolute Gasteiger partial charge is 0.314 e. The summed E-state index contributed by atoms with van der Waals surface area (Å²) in [7, 11) is 0. The van der Waals surface area contributed by atoms with Crippen molar-refractivity contribution in [2.45, 2.75) is 32.9 Å². The molecule has 0 amide bonds. The fraction of sp³-hybridized carbons (Fsp3) is 0.692. The Balaban J connectivity index is 1.85. The molecule has 1 aromatic rings. The lowest BCUT2D eigenvalue weighted by Gasteiger charge is -2.25. The summed E-state index contributed by atoms with van der Waals surface area (Å²) in [5.74, 6) is 0.833. The molecule has 1 N–H and O–H groups in total. The highest BCUT2D eigenvalue weighted by atomic mass is 32.1. The number of hydrogen-bond acceptors (Lipinski definition) is 3. The Morgan fingerprint density at radius 1 is 1.56 bits per heavy atom. The minimum Gasteiger partial charge on any atom is -0.314 e. The molecule has 1 fully saturated rings. The van der Waals surface area contributed by atoms with E-state index in [0.29, 0.717) is 6.04 Å². The van der Waals surface area contributed by atoms with Gasteiger partial charge >= 0.3 is 0 Å². The van der Waals surface area contributed by atoms with E-state index in [4.69, 9.17) is 0 Å². The Hall–Kier alpha value is -0.380. The Labute approximate surface area is 103 Å². The zero-order valence-electron chi connectivity index (χ0n) is 10.3. The normalized spacial score (nSPS) is 25.4. The van der Waals surface area contributed by atoms with E-state index in [2.05, 4.69) is 41.6 Å². The van der Waals surface area contributed by atoms with Crippen molar-refractivity contribution < 1.29 is 0 Å². The van der Waals surface area contributed by atoms with Crippen LogP contribution in [-0.2, 0) is 6.54 Å². The lowest BCUT2D eigenvalue weighted by atomic mass is 10.0. The predicted molar refractivity (Wildman–Crippen MR) is 70.8 cm³/mol. The Kier molecular flexibility index (Phi) is 4.38. The maximum atomic E-state index is 3.53. The number of thiophene rings is 1. The molecular formula is C13H22N2S. The first-order valence-corrected chi connectivity index (χ1v) is 7.15. The summed E-state index contributed by atoms with van der Waals surface area (Å²) in [6.45, 7) is 9.29. The Bertz CT molecular complexity index is 297. The van der Waals surface area contributed by atoms with Gasteiger partial charge in [0.05, 0.1) is 0 Å². The van der Waals surface area contributed by atoms with Gasteiger partial charge in [-0.25, -0.2) is 0 Å². The van der Waals surface area contributed by atoms with Crippen molar-refractivity contribution >= 4 is 11.3 Å². The van der Waals surface area contributed by atoms with E-state index in [0.717, 1.165) is 19.0 Å². The molecule has 2 unspecified atom stereocenters. The quantitative estimate of drug-likeness (QED) is 0.848. The van der Waals surface area contributed by atoms with E-state index in [1.165, 1.54) is 24.4 Å². The molecule has 1 aromatic heterocycles. The monoisotopic (exact) mass is 238 g/mol. The van der Waals surface area contributed by atoms with Gasteiger partial charge in [0.2, 0.25) is 0 Å². The van der Waals surface area contributed by atoms with E-state index in [1.54, 1.807) is 0 Å². The van der Waals surface area contributed by atoms with Gasteiger partial charge in [-0.3, -0.25) is 4.90 Å². The topological polar surface area (TPSA) is 15.3 Å². The fourth-order valence-corrected chi connectivity index (χ4v) is 3.17. The molecule has 0 aliphatic carbocycles. The van der Waals surface area contributed by atoms with Gasteiger partial charge in [-0.05, 0) is 43.8 Å². The van der Waals surface area contributed by atoms with E-state index >= 15 is 0 Å². The van der Waals surface area contributed by atoms with Gasteiger partial charge in [0.15, 0.2) is 0 Å². The maximum Gasteiger partial charge on any atom is 0.0327 e. The second-order valence-electron chi connectivity index (χ2n) is 4.70. The molecule has 2 rings (SSSR count). The lowest BCUT2D eigenvalue weighted by Crippen LogP contribution is -2.34. The number of nitrogens with one attached hydrogen (secondary N) is 1. The third-order valence-electron chi connectivity index (χ3n) is 3.59. The fourth-order valence-electron chi connectivity index (χ4n) is 2.42. The van der Waals surface area contributed by atoms with Crippen LogP contribution in [0.4, 0.5) is 0 Å². The predicted octanol–water partition coefficient (Wildman–Crippen LogP) is 2.57. The van der Waals surface area contributed by atoms with Gasteiger partial charge in [0, 0.05) is 24.0 Å². The Morgan fingerprint density at radius 3 is 3.00 bits per heavy atom. The van der Waals surface area contributed by atoms with Crippen molar-refractivity contribution in [3.05, 3.63) is 22.4 Å². The summed E-state index contributed by atoms with van der Waals surface area (Å²) in [6, 6.07) is 5.08. The summed E-state index contributed by atoms with van der Waals surface area (Å²) in [5, 5.41) is 5.70. The first-order chi connectivity index (χ1) is 7.79. The summed E-state index contributed by atoms with van der Waals surface area (Å²) < 4.78 is 0. The summed E-state index contributed by atoms with van der Waals surface area (Å²) in [6.07, 6.45) is 1.34. The third-order valence-corrected chi connectivity index (χ3v) is 4.45. The van der Waals surface area contributed by atoms with Crippen LogP contribution in [0.25, 0.3) is 0 Å². The van der Waals surface area contributed by atoms with Gasteiger partial charge in [0.25, 0.3) is 0 Å². The minimum absolute atomic E-state index is 0.692. The minimum atomic E-state index is 0.692. The standard InChI is InChI=1S/C13H22N2S/c1-3-15(10-13-5-4-8-16-13)9-12-6-7-14-11(12)2/h4-5,8,11-12,14H,3,6-7,9-10H2,1-2H3. The first-order valence-electron chi connectivity index (χ1n) is 6.27. The van der Waals surface area contributed by atoms with Gasteiger partial charge in [0.1, 0.15) is 0 Å².